The van der Waals surface area contributed by atoms with Gasteiger partial charge in [0.1, 0.15) is 11.6 Å². The van der Waals surface area contributed by atoms with Gasteiger partial charge in [-0.1, -0.05) is 26.0 Å². The van der Waals surface area contributed by atoms with Crippen molar-refractivity contribution in [2.45, 2.75) is 33.4 Å². The van der Waals surface area contributed by atoms with Crippen LogP contribution >= 0.6 is 0 Å². The summed E-state index contributed by atoms with van der Waals surface area (Å²) in [7, 11) is 0. The highest BCUT2D eigenvalue weighted by Gasteiger charge is 2.37. The average molecular weight is 374 g/mol. The topological polar surface area (TPSA) is 53.0 Å². The van der Waals surface area contributed by atoms with Crippen LogP contribution < -0.4 is 0 Å². The summed E-state index contributed by atoms with van der Waals surface area (Å²) < 4.78 is 18.8. The average Bonchev–Trinajstić information content (AvgIpc) is 2.64. The first kappa shape index (κ1) is 19.4. The first-order valence-corrected chi connectivity index (χ1v) is 9.38. The van der Waals surface area contributed by atoms with Gasteiger partial charge in [-0.3, -0.25) is 0 Å². The van der Waals surface area contributed by atoms with E-state index in [4.69, 9.17) is 4.74 Å². The summed E-state index contributed by atoms with van der Waals surface area (Å²) >= 11 is 0. The maximum absolute atomic E-state index is 13.3. The van der Waals surface area contributed by atoms with Crippen LogP contribution in [0.5, 0.6) is 0 Å². The van der Waals surface area contributed by atoms with Crippen molar-refractivity contribution in [2.24, 2.45) is 5.92 Å². The molecule has 146 valence electrons. The molecular formula is C21H27FN2O3. The molecule has 1 atom stereocenters. The van der Waals surface area contributed by atoms with E-state index < -0.39 is 5.97 Å². The van der Waals surface area contributed by atoms with Gasteiger partial charge in [0.15, 0.2) is 0 Å². The molecule has 1 N–H and O–H groups in total. The number of rotatable bonds is 5. The number of carbonyl (C=O) groups is 1. The van der Waals surface area contributed by atoms with Gasteiger partial charge in [0.25, 0.3) is 0 Å². The molecule has 1 saturated heterocycles. The van der Waals surface area contributed by atoms with E-state index in [1.54, 1.807) is 12.1 Å². The van der Waals surface area contributed by atoms with E-state index in [0.717, 1.165) is 30.0 Å². The minimum atomic E-state index is -0.882. The van der Waals surface area contributed by atoms with Crippen molar-refractivity contribution < 1.29 is 19.0 Å². The molecule has 1 unspecified atom stereocenters. The molecule has 2 aliphatic rings. The van der Waals surface area contributed by atoms with Crippen LogP contribution in [0.4, 0.5) is 4.39 Å². The summed E-state index contributed by atoms with van der Waals surface area (Å²) in [6, 6.07) is 6.15. The normalized spacial score (nSPS) is 20.9. The number of benzene rings is 1. The fourth-order valence-electron chi connectivity index (χ4n) is 3.91. The second kappa shape index (κ2) is 8.13. The Morgan fingerprint density at radius 2 is 1.89 bits per heavy atom. The van der Waals surface area contributed by atoms with Crippen LogP contribution in [0.25, 0.3) is 0 Å². The fraction of sp³-hybridized carbons (Fsp3) is 0.476. The van der Waals surface area contributed by atoms with Crippen molar-refractivity contribution in [1.29, 1.82) is 0 Å². The van der Waals surface area contributed by atoms with Gasteiger partial charge in [0.05, 0.1) is 24.8 Å². The molecule has 3 rings (SSSR count). The molecule has 2 heterocycles. The number of morpholine rings is 1. The maximum Gasteiger partial charge on any atom is 0.333 e. The molecule has 27 heavy (non-hydrogen) atoms. The number of carboxylic acid groups (broad SMARTS) is 1. The van der Waals surface area contributed by atoms with E-state index in [2.05, 4.69) is 9.80 Å². The lowest BCUT2D eigenvalue weighted by Gasteiger charge is -2.46. The number of halogens is 1. The molecule has 1 aromatic rings. The minimum Gasteiger partial charge on any atom is -0.478 e. The third-order valence-corrected chi connectivity index (χ3v) is 5.16. The number of carboxylic acids is 1. The molecule has 0 radical (unpaired) electrons. The second-order valence-corrected chi connectivity index (χ2v) is 7.45. The van der Waals surface area contributed by atoms with Crippen molar-refractivity contribution in [2.75, 3.05) is 26.3 Å². The zero-order valence-electron chi connectivity index (χ0n) is 16.1. The molecule has 5 nitrogen and oxygen atoms in total. The van der Waals surface area contributed by atoms with Crippen LogP contribution in [0.15, 0.2) is 47.3 Å². The lowest BCUT2D eigenvalue weighted by atomic mass is 9.87. The number of hydrogen-bond acceptors (Lipinski definition) is 4. The van der Waals surface area contributed by atoms with Gasteiger partial charge >= 0.3 is 5.97 Å². The van der Waals surface area contributed by atoms with Crippen LogP contribution in [0.3, 0.4) is 0 Å². The summed E-state index contributed by atoms with van der Waals surface area (Å²) in [6.45, 7) is 9.33. The Labute approximate surface area is 159 Å². The smallest absolute Gasteiger partial charge is 0.333 e. The Balaban J connectivity index is 2.03. The number of aliphatic carboxylic acids is 1. The van der Waals surface area contributed by atoms with Crippen molar-refractivity contribution in [1.82, 2.24) is 9.80 Å². The Morgan fingerprint density at radius 1 is 1.26 bits per heavy atom. The SMILES string of the molecule is CC1=C(C(=O)O)C(C(C)C)N(Cc2ccc(F)cc2)C(N2CCOCC2)=C1. The predicted octanol–water partition coefficient (Wildman–Crippen LogP) is 3.24. The van der Waals surface area contributed by atoms with Crippen LogP contribution in [0.1, 0.15) is 26.3 Å². The Bertz CT molecular complexity index is 749. The third-order valence-electron chi connectivity index (χ3n) is 5.16. The summed E-state index contributed by atoms with van der Waals surface area (Å²) in [4.78, 5) is 16.4. The highest BCUT2D eigenvalue weighted by atomic mass is 19.1. The van der Waals surface area contributed by atoms with Crippen LogP contribution in [0, 0.1) is 11.7 Å². The molecule has 0 amide bonds. The quantitative estimate of drug-likeness (QED) is 0.858. The number of nitrogens with zero attached hydrogens (tertiary/aromatic N) is 2. The molecule has 1 fully saturated rings. The molecule has 2 aliphatic heterocycles. The van der Waals surface area contributed by atoms with Gasteiger partial charge in [0, 0.05) is 19.6 Å². The van der Waals surface area contributed by atoms with Gasteiger partial charge in [-0.15, -0.1) is 0 Å². The van der Waals surface area contributed by atoms with E-state index in [9.17, 15) is 14.3 Å². The first-order chi connectivity index (χ1) is 12.9. The Morgan fingerprint density at radius 3 is 2.44 bits per heavy atom. The van der Waals surface area contributed by atoms with Crippen LogP contribution in [0.2, 0.25) is 0 Å². The van der Waals surface area contributed by atoms with Crippen molar-refractivity contribution in [3.63, 3.8) is 0 Å². The lowest BCUT2D eigenvalue weighted by Crippen LogP contribution is -2.50. The first-order valence-electron chi connectivity index (χ1n) is 9.38. The molecule has 6 heteroatoms. The molecular weight excluding hydrogens is 347 g/mol. The summed E-state index contributed by atoms with van der Waals surface area (Å²) in [5, 5.41) is 9.85. The van der Waals surface area contributed by atoms with Crippen LogP contribution in [-0.2, 0) is 16.1 Å². The molecule has 0 bridgehead atoms. The zero-order valence-corrected chi connectivity index (χ0v) is 16.1. The highest BCUT2D eigenvalue weighted by Crippen LogP contribution is 2.34. The molecule has 1 aromatic carbocycles. The fourth-order valence-corrected chi connectivity index (χ4v) is 3.91. The highest BCUT2D eigenvalue weighted by molar-refractivity contribution is 5.90. The van der Waals surface area contributed by atoms with E-state index in [1.807, 2.05) is 26.8 Å². The summed E-state index contributed by atoms with van der Waals surface area (Å²) in [5.74, 6) is -0.0311. The predicted molar refractivity (Wildman–Crippen MR) is 101 cm³/mol. The van der Waals surface area contributed by atoms with Gasteiger partial charge < -0.3 is 19.6 Å². The minimum absolute atomic E-state index is 0.108. The van der Waals surface area contributed by atoms with Gasteiger partial charge in [-0.2, -0.15) is 0 Å². The lowest BCUT2D eigenvalue weighted by molar-refractivity contribution is -0.133. The summed E-state index contributed by atoms with van der Waals surface area (Å²) in [5.41, 5.74) is 2.17. The van der Waals surface area contributed by atoms with Gasteiger partial charge in [0.2, 0.25) is 0 Å². The van der Waals surface area contributed by atoms with E-state index in [0.29, 0.717) is 25.3 Å². The van der Waals surface area contributed by atoms with Crippen molar-refractivity contribution >= 4 is 5.97 Å². The standard InChI is InChI=1S/C21H27FN2O3/c1-14(2)20-19(21(25)26)15(3)12-18(23-8-10-27-11-9-23)24(20)13-16-4-6-17(22)7-5-16/h4-7,12,14,20H,8-11,13H2,1-3H3,(H,25,26). The second-order valence-electron chi connectivity index (χ2n) is 7.45. The Kier molecular flexibility index (Phi) is 5.85. The van der Waals surface area contributed by atoms with Gasteiger partial charge in [-0.25, -0.2) is 9.18 Å². The van der Waals surface area contributed by atoms with E-state index >= 15 is 0 Å². The number of allylic oxidation sites excluding steroid dienone is 2. The summed E-state index contributed by atoms with van der Waals surface area (Å²) in [6.07, 6.45) is 1.97. The monoisotopic (exact) mass is 374 g/mol. The van der Waals surface area contributed by atoms with Crippen molar-refractivity contribution in [3.8, 4) is 0 Å². The number of ether oxygens (including phenoxy) is 1. The van der Waals surface area contributed by atoms with E-state index in [1.165, 1.54) is 12.1 Å². The zero-order chi connectivity index (χ0) is 19.6. The molecule has 0 spiro atoms. The molecule has 0 saturated carbocycles. The van der Waals surface area contributed by atoms with Crippen LogP contribution in [-0.4, -0.2) is 53.2 Å². The maximum atomic E-state index is 13.3. The van der Waals surface area contributed by atoms with Gasteiger partial charge in [-0.05, 0) is 42.2 Å². The largest absolute Gasteiger partial charge is 0.478 e. The van der Waals surface area contributed by atoms with Crippen molar-refractivity contribution in [3.05, 3.63) is 58.7 Å². The number of hydrogen-bond donors (Lipinski definition) is 1. The molecule has 0 aliphatic carbocycles. The molecule has 0 aromatic heterocycles. The Hall–Kier alpha value is -2.34. The third kappa shape index (κ3) is 4.16. The van der Waals surface area contributed by atoms with E-state index in [-0.39, 0.29) is 17.8 Å².